The number of aliphatic carboxylic acids is 1. The Labute approximate surface area is 154 Å². The van der Waals surface area contributed by atoms with Gasteiger partial charge < -0.3 is 9.84 Å². The van der Waals surface area contributed by atoms with E-state index in [1.54, 1.807) is 12.1 Å². The van der Waals surface area contributed by atoms with Crippen LogP contribution in [0.4, 0.5) is 0 Å². The van der Waals surface area contributed by atoms with Crippen LogP contribution in [0.5, 0.6) is 5.75 Å². The Morgan fingerprint density at radius 3 is 2.40 bits per heavy atom. The van der Waals surface area contributed by atoms with E-state index < -0.39 is 5.97 Å². The van der Waals surface area contributed by atoms with Crippen molar-refractivity contribution in [2.75, 3.05) is 0 Å². The summed E-state index contributed by atoms with van der Waals surface area (Å²) in [5, 5.41) is 12.0. The maximum Gasteiger partial charge on any atom is 0.337 e. The van der Waals surface area contributed by atoms with E-state index in [1.807, 2.05) is 60.0 Å². The summed E-state index contributed by atoms with van der Waals surface area (Å²) in [6, 6.07) is 18.5. The normalized spacial score (nSPS) is 11.3. The second-order valence-corrected chi connectivity index (χ2v) is 6.71. The van der Waals surface area contributed by atoms with Gasteiger partial charge in [-0.1, -0.05) is 41.9 Å². The molecule has 0 saturated carbocycles. The van der Waals surface area contributed by atoms with Gasteiger partial charge >= 0.3 is 5.97 Å². The summed E-state index contributed by atoms with van der Waals surface area (Å²) in [7, 11) is 0. The largest absolute Gasteiger partial charge is 0.489 e. The second-order valence-electron chi connectivity index (χ2n) is 5.32. The standard InChI is InChI=1S/C20H15ClO3S/c21-16-7-3-15(4-8-16)13-24-17-9-5-14(6-10-17)12-18(20(22)23)19-2-1-11-25-19/h1-12H,13H2,(H,22,23)/b18-12+. The Bertz CT molecular complexity index is 866. The highest BCUT2D eigenvalue weighted by Gasteiger charge is 2.11. The number of carboxylic acids is 1. The molecule has 3 rings (SSSR count). The van der Waals surface area contributed by atoms with Gasteiger partial charge in [0.15, 0.2) is 0 Å². The van der Waals surface area contributed by atoms with Gasteiger partial charge in [0.2, 0.25) is 0 Å². The molecule has 0 fully saturated rings. The maximum atomic E-state index is 11.5. The first-order valence-electron chi connectivity index (χ1n) is 7.58. The molecule has 0 saturated heterocycles. The van der Waals surface area contributed by atoms with E-state index in [9.17, 15) is 9.90 Å². The zero-order valence-electron chi connectivity index (χ0n) is 13.2. The van der Waals surface area contributed by atoms with Crippen LogP contribution in [0.1, 0.15) is 16.0 Å². The third-order valence-corrected chi connectivity index (χ3v) is 4.68. The lowest BCUT2D eigenvalue weighted by Gasteiger charge is -2.07. The van der Waals surface area contributed by atoms with Crippen molar-refractivity contribution in [1.82, 2.24) is 0 Å². The summed E-state index contributed by atoms with van der Waals surface area (Å²) in [5.41, 5.74) is 2.12. The average Bonchev–Trinajstić information content (AvgIpc) is 3.14. The smallest absolute Gasteiger partial charge is 0.337 e. The number of ether oxygens (including phenoxy) is 1. The maximum absolute atomic E-state index is 11.5. The van der Waals surface area contributed by atoms with Crippen molar-refractivity contribution in [3.63, 3.8) is 0 Å². The fourth-order valence-corrected chi connectivity index (χ4v) is 3.10. The molecule has 5 heteroatoms. The van der Waals surface area contributed by atoms with E-state index in [-0.39, 0.29) is 5.57 Å². The molecule has 0 atom stereocenters. The lowest BCUT2D eigenvalue weighted by Crippen LogP contribution is -1.98. The molecule has 0 bridgehead atoms. The number of carboxylic acid groups (broad SMARTS) is 1. The van der Waals surface area contributed by atoms with Crippen molar-refractivity contribution < 1.29 is 14.6 Å². The van der Waals surface area contributed by atoms with Crippen LogP contribution in [0.25, 0.3) is 11.6 Å². The van der Waals surface area contributed by atoms with Crippen molar-refractivity contribution in [1.29, 1.82) is 0 Å². The topological polar surface area (TPSA) is 46.5 Å². The number of thiophene rings is 1. The third-order valence-electron chi connectivity index (χ3n) is 3.53. The van der Waals surface area contributed by atoms with E-state index in [0.717, 1.165) is 21.8 Å². The highest BCUT2D eigenvalue weighted by molar-refractivity contribution is 7.11. The van der Waals surface area contributed by atoms with E-state index in [4.69, 9.17) is 16.3 Å². The van der Waals surface area contributed by atoms with Crippen LogP contribution in [-0.4, -0.2) is 11.1 Å². The monoisotopic (exact) mass is 370 g/mol. The minimum atomic E-state index is -0.939. The highest BCUT2D eigenvalue weighted by Crippen LogP contribution is 2.24. The van der Waals surface area contributed by atoms with Crippen molar-refractivity contribution in [3.05, 3.63) is 87.1 Å². The quantitative estimate of drug-likeness (QED) is 0.574. The molecule has 0 aliphatic heterocycles. The Hall–Kier alpha value is -2.56. The van der Waals surface area contributed by atoms with Gasteiger partial charge in [0.05, 0.1) is 5.57 Å². The van der Waals surface area contributed by atoms with E-state index in [2.05, 4.69) is 0 Å². The molecule has 2 aromatic carbocycles. The molecule has 0 amide bonds. The van der Waals surface area contributed by atoms with Crippen LogP contribution in [0, 0.1) is 0 Å². The first kappa shape index (κ1) is 17.3. The number of hydrogen-bond donors (Lipinski definition) is 1. The molecule has 1 aromatic heterocycles. The van der Waals surface area contributed by atoms with Gasteiger partial charge in [0.25, 0.3) is 0 Å². The fraction of sp³-hybridized carbons (Fsp3) is 0.0500. The van der Waals surface area contributed by atoms with Crippen LogP contribution >= 0.6 is 22.9 Å². The van der Waals surface area contributed by atoms with E-state index >= 15 is 0 Å². The minimum Gasteiger partial charge on any atom is -0.489 e. The summed E-state index contributed by atoms with van der Waals surface area (Å²) >= 11 is 7.26. The predicted molar refractivity (Wildman–Crippen MR) is 102 cm³/mol. The van der Waals surface area contributed by atoms with Crippen LogP contribution in [0.15, 0.2) is 66.0 Å². The Kier molecular flexibility index (Phi) is 5.53. The predicted octanol–water partition coefficient (Wildman–Crippen LogP) is 5.61. The Morgan fingerprint density at radius 2 is 1.80 bits per heavy atom. The number of hydrogen-bond acceptors (Lipinski definition) is 3. The lowest BCUT2D eigenvalue weighted by atomic mass is 10.1. The Morgan fingerprint density at radius 1 is 1.08 bits per heavy atom. The van der Waals surface area contributed by atoms with Gasteiger partial charge in [0, 0.05) is 9.90 Å². The molecule has 0 spiro atoms. The third kappa shape index (κ3) is 4.72. The summed E-state index contributed by atoms with van der Waals surface area (Å²) in [6.07, 6.45) is 1.66. The lowest BCUT2D eigenvalue weighted by molar-refractivity contribution is -0.130. The van der Waals surface area contributed by atoms with Gasteiger partial charge in [0.1, 0.15) is 12.4 Å². The van der Waals surface area contributed by atoms with Crippen LogP contribution in [0.2, 0.25) is 5.02 Å². The number of rotatable bonds is 6. The minimum absolute atomic E-state index is 0.282. The average molecular weight is 371 g/mol. The molecule has 1 N–H and O–H groups in total. The van der Waals surface area contributed by atoms with Crippen LogP contribution < -0.4 is 4.74 Å². The molecule has 3 nitrogen and oxygen atoms in total. The number of halogens is 1. The van der Waals surface area contributed by atoms with E-state index in [1.165, 1.54) is 11.3 Å². The zero-order valence-corrected chi connectivity index (χ0v) is 14.8. The summed E-state index contributed by atoms with van der Waals surface area (Å²) in [5.74, 6) is -0.217. The SMILES string of the molecule is O=C(O)/C(=C/c1ccc(OCc2ccc(Cl)cc2)cc1)c1cccs1. The number of carbonyl (C=O) groups is 1. The van der Waals surface area contributed by atoms with Crippen molar-refractivity contribution in [3.8, 4) is 5.75 Å². The molecule has 0 aliphatic carbocycles. The Balaban J connectivity index is 1.70. The highest BCUT2D eigenvalue weighted by atomic mass is 35.5. The van der Waals surface area contributed by atoms with Crippen molar-refractivity contribution >= 4 is 40.6 Å². The number of benzene rings is 2. The molecule has 0 unspecified atom stereocenters. The summed E-state index contributed by atoms with van der Waals surface area (Å²) in [4.78, 5) is 12.2. The van der Waals surface area contributed by atoms with Crippen LogP contribution in [-0.2, 0) is 11.4 Å². The van der Waals surface area contributed by atoms with Crippen molar-refractivity contribution in [2.45, 2.75) is 6.61 Å². The summed E-state index contributed by atoms with van der Waals surface area (Å²) < 4.78 is 5.73. The van der Waals surface area contributed by atoms with Crippen LogP contribution in [0.3, 0.4) is 0 Å². The van der Waals surface area contributed by atoms with Gasteiger partial charge in [-0.05, 0) is 52.9 Å². The zero-order chi connectivity index (χ0) is 17.6. The molecular formula is C20H15ClO3S. The van der Waals surface area contributed by atoms with Gasteiger partial charge in [-0.3, -0.25) is 0 Å². The van der Waals surface area contributed by atoms with Crippen molar-refractivity contribution in [2.24, 2.45) is 0 Å². The van der Waals surface area contributed by atoms with Gasteiger partial charge in [-0.2, -0.15) is 0 Å². The first-order chi connectivity index (χ1) is 12.1. The molecule has 126 valence electrons. The molecule has 1 heterocycles. The fourth-order valence-electron chi connectivity index (χ4n) is 2.24. The summed E-state index contributed by atoms with van der Waals surface area (Å²) in [6.45, 7) is 0.446. The first-order valence-corrected chi connectivity index (χ1v) is 8.84. The molecular weight excluding hydrogens is 356 g/mol. The van der Waals surface area contributed by atoms with Gasteiger partial charge in [-0.15, -0.1) is 11.3 Å². The molecule has 3 aromatic rings. The van der Waals surface area contributed by atoms with E-state index in [0.29, 0.717) is 11.6 Å². The molecule has 0 aliphatic rings. The molecule has 0 radical (unpaired) electrons. The second kappa shape index (κ2) is 8.01. The molecule has 25 heavy (non-hydrogen) atoms. The van der Waals surface area contributed by atoms with Gasteiger partial charge in [-0.25, -0.2) is 4.79 Å².